The van der Waals surface area contributed by atoms with Crippen LogP contribution in [0.1, 0.15) is 20.0 Å². The van der Waals surface area contributed by atoms with Crippen LogP contribution in [0.3, 0.4) is 0 Å². The third kappa shape index (κ3) is 5.10. The molecule has 13 heteroatoms. The van der Waals surface area contributed by atoms with Crippen molar-refractivity contribution in [1.82, 2.24) is 5.32 Å². The molecule has 34 heavy (non-hydrogen) atoms. The second-order valence-corrected chi connectivity index (χ2v) is 7.77. The van der Waals surface area contributed by atoms with Crippen LogP contribution in [0.4, 0.5) is 28.9 Å². The Balaban J connectivity index is 1.74. The number of carbonyl (C=O) groups excluding carboxylic acids is 2. The summed E-state index contributed by atoms with van der Waals surface area (Å²) in [4.78, 5) is 25.0. The van der Waals surface area contributed by atoms with E-state index in [1.54, 1.807) is 17.5 Å². The number of rotatable bonds is 6. The first-order chi connectivity index (χ1) is 16.2. The summed E-state index contributed by atoms with van der Waals surface area (Å²) >= 11 is 6.20. The van der Waals surface area contributed by atoms with Gasteiger partial charge in [0.2, 0.25) is 11.6 Å². The predicted molar refractivity (Wildman–Crippen MR) is 122 cm³/mol. The lowest BCUT2D eigenvalue weighted by atomic mass is 10.1. The Hall–Kier alpha value is -3.71. The van der Waals surface area contributed by atoms with E-state index in [1.165, 1.54) is 36.6 Å². The molecule has 178 valence electrons. The van der Waals surface area contributed by atoms with Gasteiger partial charge in [-0.2, -0.15) is 8.78 Å². The van der Waals surface area contributed by atoms with Gasteiger partial charge in [0, 0.05) is 11.8 Å². The number of hydrogen-bond acceptors (Lipinski definition) is 6. The number of anilines is 2. The van der Waals surface area contributed by atoms with Gasteiger partial charge in [0.25, 0.3) is 11.8 Å². The molecule has 0 fully saturated rings. The molecular formula is C21H15F4N3O4S2. The number of benzene rings is 2. The summed E-state index contributed by atoms with van der Waals surface area (Å²) in [7, 11) is 2.17. The van der Waals surface area contributed by atoms with Crippen molar-refractivity contribution in [2.45, 2.75) is 0 Å². The number of thiocarbonyl (C=S) groups is 1. The summed E-state index contributed by atoms with van der Waals surface area (Å²) in [5, 5.41) is 8.51. The van der Waals surface area contributed by atoms with Crippen molar-refractivity contribution in [2.24, 2.45) is 0 Å². The van der Waals surface area contributed by atoms with Gasteiger partial charge in [-0.3, -0.25) is 14.9 Å². The van der Waals surface area contributed by atoms with Gasteiger partial charge < -0.3 is 20.1 Å². The van der Waals surface area contributed by atoms with E-state index in [2.05, 4.69) is 15.4 Å². The Labute approximate surface area is 199 Å². The molecule has 2 aromatic carbocycles. The molecule has 3 N–H and O–H groups in total. The number of amides is 2. The van der Waals surface area contributed by atoms with E-state index in [4.69, 9.17) is 17.0 Å². The maximum absolute atomic E-state index is 14.1. The lowest BCUT2D eigenvalue weighted by Gasteiger charge is -2.14. The Morgan fingerprint density at radius 1 is 0.912 bits per heavy atom. The fourth-order valence-electron chi connectivity index (χ4n) is 2.78. The van der Waals surface area contributed by atoms with Crippen LogP contribution in [0.2, 0.25) is 0 Å². The molecule has 3 aromatic rings. The number of ether oxygens (including phenoxy) is 2. The zero-order chi connectivity index (χ0) is 25.0. The van der Waals surface area contributed by atoms with Gasteiger partial charge in [-0.25, -0.2) is 8.78 Å². The van der Waals surface area contributed by atoms with Gasteiger partial charge in [0.05, 0.1) is 24.8 Å². The molecule has 0 spiro atoms. The van der Waals surface area contributed by atoms with Crippen molar-refractivity contribution in [3.63, 3.8) is 0 Å². The summed E-state index contributed by atoms with van der Waals surface area (Å²) < 4.78 is 65.5. The lowest BCUT2D eigenvalue weighted by molar-refractivity contribution is 0.0965. The number of carbonyl (C=O) groups is 2. The molecule has 3 rings (SSSR count). The Morgan fingerprint density at radius 2 is 1.59 bits per heavy atom. The average Bonchev–Trinajstić information content (AvgIpc) is 3.34. The van der Waals surface area contributed by atoms with Crippen molar-refractivity contribution in [1.29, 1.82) is 0 Å². The third-order valence-electron chi connectivity index (χ3n) is 4.33. The van der Waals surface area contributed by atoms with Gasteiger partial charge in [0.15, 0.2) is 22.5 Å². The SMILES string of the molecule is COc1cc(NC(=S)NC(=O)c2c(F)c(F)c(OC)c(F)c2F)ccc1NC(=O)c1cccs1. The minimum Gasteiger partial charge on any atom is -0.494 e. The Bertz CT molecular complexity index is 1240. The Kier molecular flexibility index (Phi) is 7.68. The monoisotopic (exact) mass is 513 g/mol. The van der Waals surface area contributed by atoms with Crippen LogP contribution >= 0.6 is 23.6 Å². The largest absolute Gasteiger partial charge is 0.494 e. The predicted octanol–water partition coefficient (Wildman–Crippen LogP) is 4.70. The second kappa shape index (κ2) is 10.5. The first-order valence-electron chi connectivity index (χ1n) is 9.23. The molecule has 0 saturated heterocycles. The summed E-state index contributed by atoms with van der Waals surface area (Å²) in [6.45, 7) is 0. The van der Waals surface area contributed by atoms with E-state index < -0.39 is 45.6 Å². The second-order valence-electron chi connectivity index (χ2n) is 6.42. The quantitative estimate of drug-likeness (QED) is 0.252. The molecule has 1 aromatic heterocycles. The topological polar surface area (TPSA) is 88.7 Å². The van der Waals surface area contributed by atoms with E-state index in [0.717, 1.165) is 7.11 Å². The van der Waals surface area contributed by atoms with Crippen LogP contribution in [-0.2, 0) is 0 Å². The summed E-state index contributed by atoms with van der Waals surface area (Å²) in [6.07, 6.45) is 0. The average molecular weight is 513 g/mol. The van der Waals surface area contributed by atoms with Crippen LogP contribution in [0, 0.1) is 23.3 Å². The first kappa shape index (κ1) is 24.9. The fourth-order valence-corrected chi connectivity index (χ4v) is 3.61. The van der Waals surface area contributed by atoms with E-state index in [-0.39, 0.29) is 17.3 Å². The summed E-state index contributed by atoms with van der Waals surface area (Å²) in [5.41, 5.74) is -0.900. The van der Waals surface area contributed by atoms with Crippen LogP contribution in [0.15, 0.2) is 35.7 Å². The molecule has 7 nitrogen and oxygen atoms in total. The number of thiophene rings is 1. The highest BCUT2D eigenvalue weighted by Gasteiger charge is 2.30. The molecular weight excluding hydrogens is 498 g/mol. The molecule has 2 amide bonds. The minimum absolute atomic E-state index is 0.236. The van der Waals surface area contributed by atoms with Crippen molar-refractivity contribution in [3.8, 4) is 11.5 Å². The van der Waals surface area contributed by atoms with E-state index in [1.807, 2.05) is 5.32 Å². The zero-order valence-electron chi connectivity index (χ0n) is 17.4. The van der Waals surface area contributed by atoms with Gasteiger partial charge in [-0.05, 0) is 35.8 Å². The smallest absolute Gasteiger partial charge is 0.265 e. The van der Waals surface area contributed by atoms with E-state index in [9.17, 15) is 27.2 Å². The van der Waals surface area contributed by atoms with E-state index >= 15 is 0 Å². The van der Waals surface area contributed by atoms with Gasteiger partial charge in [0.1, 0.15) is 11.3 Å². The molecule has 1 heterocycles. The van der Waals surface area contributed by atoms with Crippen LogP contribution in [0.5, 0.6) is 11.5 Å². The highest BCUT2D eigenvalue weighted by molar-refractivity contribution is 7.80. The molecule has 0 atom stereocenters. The van der Waals surface area contributed by atoms with Crippen LogP contribution < -0.4 is 25.4 Å². The third-order valence-corrected chi connectivity index (χ3v) is 5.41. The van der Waals surface area contributed by atoms with Crippen molar-refractivity contribution >= 4 is 51.9 Å². The number of nitrogens with one attached hydrogen (secondary N) is 3. The van der Waals surface area contributed by atoms with Crippen molar-refractivity contribution in [2.75, 3.05) is 24.9 Å². The highest BCUT2D eigenvalue weighted by atomic mass is 32.1. The number of halogens is 4. The van der Waals surface area contributed by atoms with Gasteiger partial charge in [-0.15, -0.1) is 11.3 Å². The zero-order valence-corrected chi connectivity index (χ0v) is 19.1. The normalized spacial score (nSPS) is 10.4. The molecule has 0 aliphatic rings. The van der Waals surface area contributed by atoms with Crippen LogP contribution in [-0.4, -0.2) is 31.1 Å². The molecule has 0 saturated carbocycles. The lowest BCUT2D eigenvalue weighted by Crippen LogP contribution is -2.35. The molecule has 0 unspecified atom stereocenters. The van der Waals surface area contributed by atoms with Gasteiger partial charge >= 0.3 is 0 Å². The highest BCUT2D eigenvalue weighted by Crippen LogP contribution is 2.30. The minimum atomic E-state index is -1.94. The standard InChI is InChI=1S/C21H15F4N3O4S2/c1-31-11-8-9(5-6-10(11)27-19(29)12-4-3-7-34-12)26-21(33)28-20(30)13-14(22)16(24)18(32-2)17(25)15(13)23/h3-8H,1-2H3,(H,27,29)(H2,26,28,30,33). The van der Waals surface area contributed by atoms with Gasteiger partial charge in [-0.1, -0.05) is 6.07 Å². The maximum atomic E-state index is 14.1. The molecule has 0 radical (unpaired) electrons. The van der Waals surface area contributed by atoms with Crippen molar-refractivity contribution < 1.29 is 36.6 Å². The van der Waals surface area contributed by atoms with Crippen molar-refractivity contribution in [3.05, 3.63) is 69.4 Å². The summed E-state index contributed by atoms with van der Waals surface area (Å²) in [6, 6.07) is 7.77. The fraction of sp³-hybridized carbons (Fsp3) is 0.0952. The molecule has 0 aliphatic carbocycles. The summed E-state index contributed by atoms with van der Waals surface area (Å²) in [5.74, 6) is -10.6. The first-order valence-corrected chi connectivity index (χ1v) is 10.5. The van der Waals surface area contributed by atoms with Crippen LogP contribution in [0.25, 0.3) is 0 Å². The van der Waals surface area contributed by atoms with E-state index in [0.29, 0.717) is 10.6 Å². The number of hydrogen-bond donors (Lipinski definition) is 3. The Morgan fingerprint density at radius 3 is 2.15 bits per heavy atom. The molecule has 0 aliphatic heterocycles. The number of methoxy groups -OCH3 is 2. The maximum Gasteiger partial charge on any atom is 0.265 e. The molecule has 0 bridgehead atoms.